The summed E-state index contributed by atoms with van der Waals surface area (Å²) >= 11 is 0. The number of fused-ring (bicyclic) bond motifs is 1. The van der Waals surface area contributed by atoms with Gasteiger partial charge in [0.15, 0.2) is 5.76 Å². The van der Waals surface area contributed by atoms with E-state index < -0.39 is 5.97 Å². The summed E-state index contributed by atoms with van der Waals surface area (Å²) < 4.78 is 10.4. The summed E-state index contributed by atoms with van der Waals surface area (Å²) in [6.45, 7) is 0. The van der Waals surface area contributed by atoms with Crippen molar-refractivity contribution in [1.82, 2.24) is 4.98 Å². The Morgan fingerprint density at radius 2 is 1.89 bits per heavy atom. The first-order valence-electron chi connectivity index (χ1n) is 8.49. The summed E-state index contributed by atoms with van der Waals surface area (Å²) in [4.78, 5) is 17.1. The van der Waals surface area contributed by atoms with E-state index in [4.69, 9.17) is 14.9 Å². The summed E-state index contributed by atoms with van der Waals surface area (Å²) in [7, 11) is 1.32. The molecule has 2 aromatic carbocycles. The molecule has 0 fully saturated rings. The zero-order valence-corrected chi connectivity index (χ0v) is 15.0. The lowest BCUT2D eigenvalue weighted by atomic mass is 10.0. The highest BCUT2D eigenvalue weighted by molar-refractivity contribution is 6.11. The maximum Gasteiger partial charge on any atom is 0.338 e. The topological polar surface area (TPSA) is 103 Å². The van der Waals surface area contributed by atoms with Gasteiger partial charge in [0.2, 0.25) is 0 Å². The van der Waals surface area contributed by atoms with Crippen LogP contribution in [0, 0.1) is 0 Å². The molecular formula is C21H16N4O3. The molecule has 2 heterocycles. The standard InChI is InChI=1S/C21H16N4O3/c1-27-21(26)14-12-17(18-8-5-11-28-18)23-16-10-9-15(22)20(19(14)16)25-24-13-6-3-2-4-7-13/h2-12H,22H2,1H3/b25-24+. The molecule has 7 nitrogen and oxygen atoms in total. The second-order valence-electron chi connectivity index (χ2n) is 5.96. The molecule has 0 unspecified atom stereocenters. The van der Waals surface area contributed by atoms with E-state index >= 15 is 0 Å². The Bertz CT molecular complexity index is 1170. The predicted octanol–water partition coefficient (Wildman–Crippen LogP) is 5.28. The smallest absolute Gasteiger partial charge is 0.338 e. The number of ether oxygens (including phenoxy) is 1. The van der Waals surface area contributed by atoms with Gasteiger partial charge >= 0.3 is 5.97 Å². The number of azo groups is 1. The van der Waals surface area contributed by atoms with E-state index in [1.807, 2.05) is 30.3 Å². The number of esters is 1. The molecular weight excluding hydrogens is 356 g/mol. The first kappa shape index (κ1) is 17.4. The average Bonchev–Trinajstić information content (AvgIpc) is 3.27. The maximum atomic E-state index is 12.5. The van der Waals surface area contributed by atoms with Gasteiger partial charge in [0, 0.05) is 5.39 Å². The van der Waals surface area contributed by atoms with Crippen molar-refractivity contribution in [2.24, 2.45) is 10.2 Å². The van der Waals surface area contributed by atoms with E-state index in [1.165, 1.54) is 7.11 Å². The van der Waals surface area contributed by atoms with Crippen molar-refractivity contribution in [3.05, 3.63) is 72.5 Å². The van der Waals surface area contributed by atoms with Gasteiger partial charge in [0.1, 0.15) is 11.4 Å². The van der Waals surface area contributed by atoms with Gasteiger partial charge in [-0.25, -0.2) is 9.78 Å². The number of furan rings is 1. The van der Waals surface area contributed by atoms with Gasteiger partial charge in [-0.05, 0) is 42.5 Å². The van der Waals surface area contributed by atoms with Crippen molar-refractivity contribution in [2.75, 3.05) is 12.8 Å². The minimum absolute atomic E-state index is 0.285. The van der Waals surface area contributed by atoms with Gasteiger partial charge in [0.05, 0.1) is 35.8 Å². The number of carbonyl (C=O) groups is 1. The zero-order chi connectivity index (χ0) is 19.5. The fourth-order valence-corrected chi connectivity index (χ4v) is 2.86. The Kier molecular flexibility index (Phi) is 4.55. The van der Waals surface area contributed by atoms with E-state index in [0.29, 0.717) is 39.4 Å². The molecule has 0 amide bonds. The molecule has 0 atom stereocenters. The molecule has 0 saturated carbocycles. The number of anilines is 1. The first-order valence-corrected chi connectivity index (χ1v) is 8.49. The van der Waals surface area contributed by atoms with Gasteiger partial charge in [0.25, 0.3) is 0 Å². The monoisotopic (exact) mass is 372 g/mol. The van der Waals surface area contributed by atoms with Gasteiger partial charge in [-0.1, -0.05) is 18.2 Å². The van der Waals surface area contributed by atoms with Crippen LogP contribution in [0.5, 0.6) is 0 Å². The molecule has 0 saturated heterocycles. The molecule has 2 aromatic heterocycles. The third-order valence-electron chi connectivity index (χ3n) is 4.18. The number of nitrogens with two attached hydrogens (primary N) is 1. The lowest BCUT2D eigenvalue weighted by Gasteiger charge is -2.10. The minimum Gasteiger partial charge on any atom is -0.465 e. The highest BCUT2D eigenvalue weighted by Gasteiger charge is 2.20. The Hall–Kier alpha value is -4.00. The Morgan fingerprint density at radius 3 is 2.61 bits per heavy atom. The number of hydrogen-bond acceptors (Lipinski definition) is 7. The van der Waals surface area contributed by atoms with Crippen LogP contribution in [0.15, 0.2) is 81.6 Å². The van der Waals surface area contributed by atoms with Crippen molar-refractivity contribution in [3.8, 4) is 11.5 Å². The van der Waals surface area contributed by atoms with Crippen LogP contribution in [0.3, 0.4) is 0 Å². The highest BCUT2D eigenvalue weighted by Crippen LogP contribution is 2.37. The SMILES string of the molecule is COC(=O)c1cc(-c2ccco2)nc2ccc(N)c(/N=N/c3ccccc3)c12. The van der Waals surface area contributed by atoms with E-state index in [9.17, 15) is 4.79 Å². The van der Waals surface area contributed by atoms with Crippen LogP contribution in [-0.4, -0.2) is 18.1 Å². The van der Waals surface area contributed by atoms with E-state index in [1.54, 1.807) is 36.6 Å². The fraction of sp³-hybridized carbons (Fsp3) is 0.0476. The van der Waals surface area contributed by atoms with Crippen LogP contribution in [0.1, 0.15) is 10.4 Å². The number of carbonyl (C=O) groups excluding carboxylic acids is 1. The molecule has 2 N–H and O–H groups in total. The predicted molar refractivity (Wildman–Crippen MR) is 106 cm³/mol. The number of benzene rings is 2. The number of nitrogens with zero attached hydrogens (tertiary/aromatic N) is 3. The molecule has 4 rings (SSSR count). The van der Waals surface area contributed by atoms with Gasteiger partial charge in [-0.2, -0.15) is 5.11 Å². The summed E-state index contributed by atoms with van der Waals surface area (Å²) in [5, 5.41) is 9.01. The quantitative estimate of drug-likeness (QED) is 0.298. The Labute approximate surface area is 160 Å². The fourth-order valence-electron chi connectivity index (χ4n) is 2.86. The molecule has 28 heavy (non-hydrogen) atoms. The lowest BCUT2D eigenvalue weighted by Crippen LogP contribution is -2.04. The normalized spacial score (nSPS) is 11.2. The van der Waals surface area contributed by atoms with Crippen molar-refractivity contribution < 1.29 is 13.9 Å². The number of hydrogen-bond donors (Lipinski definition) is 1. The molecule has 4 aromatic rings. The van der Waals surface area contributed by atoms with Gasteiger partial charge in [-0.3, -0.25) is 0 Å². The molecule has 0 spiro atoms. The van der Waals surface area contributed by atoms with Gasteiger partial charge in [-0.15, -0.1) is 5.11 Å². The number of pyridine rings is 1. The highest BCUT2D eigenvalue weighted by atomic mass is 16.5. The van der Waals surface area contributed by atoms with Gasteiger partial charge < -0.3 is 14.9 Å². The molecule has 138 valence electrons. The summed E-state index contributed by atoms with van der Waals surface area (Å²) in [5.41, 5.74) is 8.87. The van der Waals surface area contributed by atoms with Crippen molar-refractivity contribution in [3.63, 3.8) is 0 Å². The van der Waals surface area contributed by atoms with Crippen LogP contribution in [0.2, 0.25) is 0 Å². The first-order chi connectivity index (χ1) is 13.7. The molecule has 7 heteroatoms. The molecule has 0 aliphatic carbocycles. The molecule has 0 aliphatic rings. The summed E-state index contributed by atoms with van der Waals surface area (Å²) in [5.74, 6) is 0.0123. The third-order valence-corrected chi connectivity index (χ3v) is 4.18. The van der Waals surface area contributed by atoms with E-state index in [2.05, 4.69) is 15.2 Å². The maximum absolute atomic E-state index is 12.5. The van der Waals surface area contributed by atoms with Crippen LogP contribution in [0.25, 0.3) is 22.4 Å². The number of nitrogen functional groups attached to an aromatic ring is 1. The lowest BCUT2D eigenvalue weighted by molar-refractivity contribution is 0.0603. The molecule has 0 aliphatic heterocycles. The number of aromatic nitrogens is 1. The molecule has 0 radical (unpaired) electrons. The third kappa shape index (κ3) is 3.21. The zero-order valence-electron chi connectivity index (χ0n) is 15.0. The van der Waals surface area contributed by atoms with Crippen molar-refractivity contribution in [1.29, 1.82) is 0 Å². The van der Waals surface area contributed by atoms with E-state index in [0.717, 1.165) is 0 Å². The van der Waals surface area contributed by atoms with Crippen molar-refractivity contribution >= 4 is 33.9 Å². The largest absolute Gasteiger partial charge is 0.465 e. The summed E-state index contributed by atoms with van der Waals surface area (Å²) in [6.07, 6.45) is 1.54. The van der Waals surface area contributed by atoms with E-state index in [-0.39, 0.29) is 5.56 Å². The van der Waals surface area contributed by atoms with Crippen LogP contribution >= 0.6 is 0 Å². The second-order valence-corrected chi connectivity index (χ2v) is 5.96. The van der Waals surface area contributed by atoms with Crippen LogP contribution < -0.4 is 5.73 Å². The van der Waals surface area contributed by atoms with Crippen LogP contribution in [0.4, 0.5) is 17.1 Å². The Morgan fingerprint density at radius 1 is 1.07 bits per heavy atom. The minimum atomic E-state index is -0.526. The Balaban J connectivity index is 1.96. The van der Waals surface area contributed by atoms with Crippen molar-refractivity contribution in [2.45, 2.75) is 0 Å². The molecule has 0 bridgehead atoms. The summed E-state index contributed by atoms with van der Waals surface area (Å²) in [6, 6.07) is 17.8. The average molecular weight is 372 g/mol. The number of methoxy groups -OCH3 is 1. The second kappa shape index (κ2) is 7.32. The number of rotatable bonds is 4. The van der Waals surface area contributed by atoms with Crippen LogP contribution in [-0.2, 0) is 4.74 Å².